The summed E-state index contributed by atoms with van der Waals surface area (Å²) in [5.41, 5.74) is 0.231. The molecule has 0 bridgehead atoms. The van der Waals surface area contributed by atoms with Crippen molar-refractivity contribution in [1.82, 2.24) is 4.90 Å². The second-order valence-electron chi connectivity index (χ2n) is 7.39. The van der Waals surface area contributed by atoms with Crippen molar-refractivity contribution < 1.29 is 19.4 Å². The third-order valence-electron chi connectivity index (χ3n) is 4.84. The number of aliphatic carboxylic acids is 1. The van der Waals surface area contributed by atoms with Gasteiger partial charge < -0.3 is 14.7 Å². The quantitative estimate of drug-likeness (QED) is 0.868. The van der Waals surface area contributed by atoms with E-state index in [1.807, 2.05) is 4.90 Å². The van der Waals surface area contributed by atoms with Crippen molar-refractivity contribution in [3.63, 3.8) is 0 Å². The Balaban J connectivity index is 1.89. The fourth-order valence-electron chi connectivity index (χ4n) is 3.36. The minimum absolute atomic E-state index is 0.124. The molecule has 120 valence electrons. The standard InChI is InChI=1S/C16H27NO4/c1-16(2,3)11-4-7-14(18)17(9-8-11)10-12-5-6-13(21-12)15(19)20/h11-13H,4-10H2,1-3H3,(H,19,20). The highest BCUT2D eigenvalue weighted by Gasteiger charge is 2.34. The number of rotatable bonds is 3. The Hall–Kier alpha value is -1.10. The van der Waals surface area contributed by atoms with Crippen LogP contribution in [0.25, 0.3) is 0 Å². The molecule has 5 nitrogen and oxygen atoms in total. The van der Waals surface area contributed by atoms with Gasteiger partial charge in [-0.2, -0.15) is 0 Å². The van der Waals surface area contributed by atoms with Crippen LogP contribution in [0.4, 0.5) is 0 Å². The van der Waals surface area contributed by atoms with Gasteiger partial charge in [0.1, 0.15) is 0 Å². The van der Waals surface area contributed by atoms with Crippen LogP contribution < -0.4 is 0 Å². The van der Waals surface area contributed by atoms with Crippen molar-refractivity contribution in [1.29, 1.82) is 0 Å². The summed E-state index contributed by atoms with van der Waals surface area (Å²) < 4.78 is 5.52. The molecule has 0 aromatic carbocycles. The number of carboxylic acid groups (broad SMARTS) is 1. The zero-order valence-electron chi connectivity index (χ0n) is 13.3. The molecular formula is C16H27NO4. The molecular weight excluding hydrogens is 270 g/mol. The van der Waals surface area contributed by atoms with Crippen LogP contribution in [0.15, 0.2) is 0 Å². The van der Waals surface area contributed by atoms with Crippen LogP contribution in [-0.2, 0) is 14.3 Å². The molecule has 0 aromatic rings. The average Bonchev–Trinajstić information content (AvgIpc) is 2.76. The fourth-order valence-corrected chi connectivity index (χ4v) is 3.36. The van der Waals surface area contributed by atoms with Crippen LogP contribution in [0, 0.1) is 11.3 Å². The van der Waals surface area contributed by atoms with Crippen LogP contribution >= 0.6 is 0 Å². The zero-order valence-corrected chi connectivity index (χ0v) is 13.3. The molecule has 3 atom stereocenters. The SMILES string of the molecule is CC(C)(C)C1CCC(=O)N(CC2CCC(C(=O)O)O2)CC1. The monoisotopic (exact) mass is 297 g/mol. The number of ether oxygens (including phenoxy) is 1. The van der Waals surface area contributed by atoms with E-state index in [0.29, 0.717) is 25.3 Å². The number of carboxylic acids is 1. The van der Waals surface area contributed by atoms with E-state index >= 15 is 0 Å². The van der Waals surface area contributed by atoms with E-state index in [1.165, 1.54) is 0 Å². The van der Waals surface area contributed by atoms with Crippen LogP contribution in [-0.4, -0.2) is 47.2 Å². The topological polar surface area (TPSA) is 66.8 Å². The van der Waals surface area contributed by atoms with Crippen LogP contribution in [0.3, 0.4) is 0 Å². The highest BCUT2D eigenvalue weighted by atomic mass is 16.5. The van der Waals surface area contributed by atoms with Gasteiger partial charge in [-0.15, -0.1) is 0 Å². The smallest absolute Gasteiger partial charge is 0.332 e. The minimum atomic E-state index is -0.896. The molecule has 2 aliphatic heterocycles. The number of likely N-dealkylation sites (tertiary alicyclic amines) is 1. The van der Waals surface area contributed by atoms with E-state index in [4.69, 9.17) is 9.84 Å². The molecule has 2 saturated heterocycles. The Morgan fingerprint density at radius 1 is 1.29 bits per heavy atom. The Kier molecular flexibility index (Phi) is 4.91. The molecule has 1 N–H and O–H groups in total. The number of carbonyl (C=O) groups excluding carboxylic acids is 1. The molecule has 0 aliphatic carbocycles. The van der Waals surface area contributed by atoms with Crippen molar-refractivity contribution in [2.75, 3.05) is 13.1 Å². The molecule has 0 spiro atoms. The van der Waals surface area contributed by atoms with E-state index in [0.717, 1.165) is 25.8 Å². The van der Waals surface area contributed by atoms with Crippen molar-refractivity contribution in [2.45, 2.75) is 65.1 Å². The van der Waals surface area contributed by atoms with Gasteiger partial charge in [-0.05, 0) is 37.0 Å². The highest BCUT2D eigenvalue weighted by molar-refractivity contribution is 5.76. The zero-order chi connectivity index (χ0) is 15.6. The lowest BCUT2D eigenvalue weighted by Crippen LogP contribution is -2.37. The van der Waals surface area contributed by atoms with E-state index < -0.39 is 12.1 Å². The molecule has 3 unspecified atom stereocenters. The van der Waals surface area contributed by atoms with Crippen molar-refractivity contribution >= 4 is 11.9 Å². The first-order valence-electron chi connectivity index (χ1n) is 7.93. The van der Waals surface area contributed by atoms with Crippen molar-refractivity contribution in [2.24, 2.45) is 11.3 Å². The van der Waals surface area contributed by atoms with Gasteiger partial charge in [0, 0.05) is 19.5 Å². The summed E-state index contributed by atoms with van der Waals surface area (Å²) in [6, 6.07) is 0. The first-order chi connectivity index (χ1) is 9.77. The van der Waals surface area contributed by atoms with Gasteiger partial charge in [-0.3, -0.25) is 4.79 Å². The molecule has 2 heterocycles. The maximum atomic E-state index is 12.2. The van der Waals surface area contributed by atoms with Gasteiger partial charge in [0.2, 0.25) is 5.91 Å². The van der Waals surface area contributed by atoms with Gasteiger partial charge >= 0.3 is 5.97 Å². The number of amides is 1. The fraction of sp³-hybridized carbons (Fsp3) is 0.875. The summed E-state index contributed by atoms with van der Waals surface area (Å²) in [6.45, 7) is 8.00. The Morgan fingerprint density at radius 2 is 2.00 bits per heavy atom. The summed E-state index contributed by atoms with van der Waals surface area (Å²) in [7, 11) is 0. The minimum Gasteiger partial charge on any atom is -0.479 e. The Morgan fingerprint density at radius 3 is 2.57 bits per heavy atom. The molecule has 0 saturated carbocycles. The number of hydrogen-bond donors (Lipinski definition) is 1. The number of nitrogens with zero attached hydrogens (tertiary/aromatic N) is 1. The van der Waals surface area contributed by atoms with Crippen LogP contribution in [0.2, 0.25) is 0 Å². The predicted octanol–water partition coefficient (Wildman–Crippen LogP) is 2.29. The first-order valence-corrected chi connectivity index (χ1v) is 7.93. The molecule has 5 heteroatoms. The lowest BCUT2D eigenvalue weighted by Gasteiger charge is -2.30. The number of carbonyl (C=O) groups is 2. The van der Waals surface area contributed by atoms with E-state index in [1.54, 1.807) is 0 Å². The van der Waals surface area contributed by atoms with Gasteiger partial charge in [-0.25, -0.2) is 4.79 Å². The lowest BCUT2D eigenvalue weighted by atomic mass is 9.77. The molecule has 2 rings (SSSR count). The molecule has 21 heavy (non-hydrogen) atoms. The first kappa shape index (κ1) is 16.3. The average molecular weight is 297 g/mol. The van der Waals surface area contributed by atoms with Gasteiger partial charge in [0.15, 0.2) is 6.10 Å². The molecule has 0 aromatic heterocycles. The molecule has 0 radical (unpaired) electrons. The van der Waals surface area contributed by atoms with Crippen molar-refractivity contribution in [3.8, 4) is 0 Å². The van der Waals surface area contributed by atoms with Crippen molar-refractivity contribution in [3.05, 3.63) is 0 Å². The molecule has 2 aliphatic rings. The van der Waals surface area contributed by atoms with E-state index in [9.17, 15) is 9.59 Å². The van der Waals surface area contributed by atoms with Gasteiger partial charge in [0.05, 0.1) is 6.10 Å². The van der Waals surface area contributed by atoms with Gasteiger partial charge in [0.25, 0.3) is 0 Å². The maximum absolute atomic E-state index is 12.2. The summed E-state index contributed by atoms with van der Waals surface area (Å²) in [4.78, 5) is 25.0. The molecule has 1 amide bonds. The van der Waals surface area contributed by atoms with Crippen LogP contribution in [0.5, 0.6) is 0 Å². The second kappa shape index (κ2) is 6.34. The van der Waals surface area contributed by atoms with E-state index in [-0.39, 0.29) is 17.4 Å². The summed E-state index contributed by atoms with van der Waals surface area (Å²) in [5, 5.41) is 8.95. The summed E-state index contributed by atoms with van der Waals surface area (Å²) >= 11 is 0. The third kappa shape index (κ3) is 4.19. The largest absolute Gasteiger partial charge is 0.479 e. The van der Waals surface area contributed by atoms with Crippen LogP contribution in [0.1, 0.15) is 52.9 Å². The summed E-state index contributed by atoms with van der Waals surface area (Å²) in [6.07, 6.45) is 3.01. The van der Waals surface area contributed by atoms with E-state index in [2.05, 4.69) is 20.8 Å². The second-order valence-corrected chi connectivity index (χ2v) is 7.39. The van der Waals surface area contributed by atoms with Gasteiger partial charge in [-0.1, -0.05) is 20.8 Å². The Bertz CT molecular complexity index is 402. The predicted molar refractivity (Wildman–Crippen MR) is 78.9 cm³/mol. The highest BCUT2D eigenvalue weighted by Crippen LogP contribution is 2.34. The maximum Gasteiger partial charge on any atom is 0.332 e. The Labute approximate surface area is 126 Å². The number of hydrogen-bond acceptors (Lipinski definition) is 3. The summed E-state index contributed by atoms with van der Waals surface area (Å²) in [5.74, 6) is -0.153. The molecule has 2 fully saturated rings. The third-order valence-corrected chi connectivity index (χ3v) is 4.84. The lowest BCUT2D eigenvalue weighted by molar-refractivity contribution is -0.150. The normalized spacial score (nSPS) is 31.3.